The summed E-state index contributed by atoms with van der Waals surface area (Å²) in [5.41, 5.74) is 9.87. The number of fused-ring (bicyclic) bond motifs is 1. The minimum atomic E-state index is 0.494. The second kappa shape index (κ2) is 5.19. The lowest BCUT2D eigenvalue weighted by Crippen LogP contribution is -1.98. The normalized spacial score (nSPS) is 10.9. The molecule has 2 aromatic heterocycles. The molecule has 20 heavy (non-hydrogen) atoms. The minimum absolute atomic E-state index is 0.494. The molecule has 0 saturated carbocycles. The van der Waals surface area contributed by atoms with Crippen molar-refractivity contribution < 1.29 is 4.74 Å². The Kier molecular flexibility index (Phi) is 3.38. The summed E-state index contributed by atoms with van der Waals surface area (Å²) in [5, 5.41) is 2.06. The average molecular weight is 285 g/mol. The zero-order valence-electron chi connectivity index (χ0n) is 11.4. The van der Waals surface area contributed by atoms with Crippen LogP contribution in [0.1, 0.15) is 16.7 Å². The summed E-state index contributed by atoms with van der Waals surface area (Å²) in [6.07, 6.45) is 1.54. The van der Waals surface area contributed by atoms with E-state index in [1.54, 1.807) is 17.7 Å². The highest BCUT2D eigenvalue weighted by Crippen LogP contribution is 2.34. The lowest BCUT2D eigenvalue weighted by molar-refractivity contribution is 0.465. The van der Waals surface area contributed by atoms with Gasteiger partial charge in [0.05, 0.1) is 5.52 Å². The van der Waals surface area contributed by atoms with Crippen LogP contribution in [0.25, 0.3) is 10.2 Å². The van der Waals surface area contributed by atoms with Gasteiger partial charge in [0.2, 0.25) is 5.88 Å². The molecule has 2 N–H and O–H groups in total. The SMILES string of the molecule is Cc1ccc(CN)cc1Oc1ncnc2c(C)csc12. The average Bonchev–Trinajstić information content (AvgIpc) is 2.84. The topological polar surface area (TPSA) is 61.0 Å². The van der Waals surface area contributed by atoms with E-state index in [0.717, 1.165) is 32.7 Å². The fraction of sp³-hybridized carbons (Fsp3) is 0.200. The summed E-state index contributed by atoms with van der Waals surface area (Å²) < 4.78 is 6.96. The highest BCUT2D eigenvalue weighted by molar-refractivity contribution is 7.17. The third kappa shape index (κ3) is 2.26. The van der Waals surface area contributed by atoms with Crippen molar-refractivity contribution >= 4 is 21.6 Å². The van der Waals surface area contributed by atoms with Crippen LogP contribution in [-0.2, 0) is 6.54 Å². The van der Waals surface area contributed by atoms with Gasteiger partial charge >= 0.3 is 0 Å². The van der Waals surface area contributed by atoms with Gasteiger partial charge in [0, 0.05) is 6.54 Å². The number of rotatable bonds is 3. The van der Waals surface area contributed by atoms with Crippen LogP contribution in [0.2, 0.25) is 0 Å². The molecule has 0 fully saturated rings. The first-order valence-electron chi connectivity index (χ1n) is 6.35. The maximum Gasteiger partial charge on any atom is 0.240 e. The second-order valence-corrected chi connectivity index (χ2v) is 5.56. The molecule has 2 heterocycles. The van der Waals surface area contributed by atoms with Crippen LogP contribution in [0, 0.1) is 13.8 Å². The van der Waals surface area contributed by atoms with Gasteiger partial charge in [-0.25, -0.2) is 9.97 Å². The third-order valence-corrected chi connectivity index (χ3v) is 4.27. The van der Waals surface area contributed by atoms with Crippen molar-refractivity contribution in [3.63, 3.8) is 0 Å². The second-order valence-electron chi connectivity index (χ2n) is 4.68. The fourth-order valence-electron chi connectivity index (χ4n) is 2.01. The molecule has 0 amide bonds. The smallest absolute Gasteiger partial charge is 0.240 e. The number of nitrogens with two attached hydrogens (primary N) is 1. The molecule has 1 aromatic carbocycles. The lowest BCUT2D eigenvalue weighted by atomic mass is 10.1. The number of benzene rings is 1. The molecule has 0 radical (unpaired) electrons. The molecular formula is C15H15N3OS. The van der Waals surface area contributed by atoms with Crippen molar-refractivity contribution in [2.24, 2.45) is 5.73 Å². The molecule has 3 rings (SSSR count). The van der Waals surface area contributed by atoms with Crippen LogP contribution in [0.5, 0.6) is 11.6 Å². The molecule has 0 unspecified atom stereocenters. The van der Waals surface area contributed by atoms with Crippen LogP contribution in [-0.4, -0.2) is 9.97 Å². The molecule has 4 nitrogen and oxygen atoms in total. The maximum atomic E-state index is 5.98. The number of hydrogen-bond donors (Lipinski definition) is 1. The van der Waals surface area contributed by atoms with Gasteiger partial charge in [0.1, 0.15) is 16.8 Å². The molecule has 0 aliphatic carbocycles. The van der Waals surface area contributed by atoms with Gasteiger partial charge in [-0.05, 0) is 42.0 Å². The van der Waals surface area contributed by atoms with Crippen molar-refractivity contribution in [1.29, 1.82) is 0 Å². The van der Waals surface area contributed by atoms with Crippen molar-refractivity contribution in [2.45, 2.75) is 20.4 Å². The van der Waals surface area contributed by atoms with Crippen LogP contribution >= 0.6 is 11.3 Å². The summed E-state index contributed by atoms with van der Waals surface area (Å²) >= 11 is 1.60. The van der Waals surface area contributed by atoms with Crippen molar-refractivity contribution in [3.05, 3.63) is 46.6 Å². The quantitative estimate of drug-likeness (QED) is 0.799. The zero-order valence-corrected chi connectivity index (χ0v) is 12.2. The number of aromatic nitrogens is 2. The van der Waals surface area contributed by atoms with E-state index in [1.807, 2.05) is 32.0 Å². The standard InChI is InChI=1S/C15H15N3OS/c1-9-3-4-11(6-16)5-12(9)19-15-14-13(17-8-18-15)10(2)7-20-14/h3-5,7-8H,6,16H2,1-2H3. The van der Waals surface area contributed by atoms with Crippen LogP contribution in [0.3, 0.4) is 0 Å². The first-order chi connectivity index (χ1) is 9.69. The Hall–Kier alpha value is -1.98. The largest absolute Gasteiger partial charge is 0.437 e. The molecule has 0 bridgehead atoms. The predicted molar refractivity (Wildman–Crippen MR) is 81.3 cm³/mol. The highest BCUT2D eigenvalue weighted by Gasteiger charge is 2.11. The highest BCUT2D eigenvalue weighted by atomic mass is 32.1. The molecule has 0 atom stereocenters. The summed E-state index contributed by atoms with van der Waals surface area (Å²) in [7, 11) is 0. The number of nitrogens with zero attached hydrogens (tertiary/aromatic N) is 2. The van der Waals surface area contributed by atoms with E-state index in [9.17, 15) is 0 Å². The molecule has 0 aliphatic rings. The van der Waals surface area contributed by atoms with Gasteiger partial charge < -0.3 is 10.5 Å². The number of aryl methyl sites for hydroxylation is 2. The Morgan fingerprint density at radius 3 is 2.85 bits per heavy atom. The molecule has 102 valence electrons. The zero-order chi connectivity index (χ0) is 14.1. The van der Waals surface area contributed by atoms with E-state index in [2.05, 4.69) is 15.3 Å². The van der Waals surface area contributed by atoms with E-state index < -0.39 is 0 Å². The van der Waals surface area contributed by atoms with Gasteiger partial charge in [-0.2, -0.15) is 0 Å². The van der Waals surface area contributed by atoms with Gasteiger partial charge in [-0.15, -0.1) is 11.3 Å². The van der Waals surface area contributed by atoms with Crippen LogP contribution in [0.15, 0.2) is 29.9 Å². The van der Waals surface area contributed by atoms with Crippen molar-refractivity contribution in [3.8, 4) is 11.6 Å². The third-order valence-electron chi connectivity index (χ3n) is 3.19. The van der Waals surface area contributed by atoms with Crippen LogP contribution < -0.4 is 10.5 Å². The Bertz CT molecular complexity index is 767. The monoisotopic (exact) mass is 285 g/mol. The van der Waals surface area contributed by atoms with E-state index in [-0.39, 0.29) is 0 Å². The molecule has 3 aromatic rings. The number of ether oxygens (including phenoxy) is 1. The van der Waals surface area contributed by atoms with Crippen LogP contribution in [0.4, 0.5) is 0 Å². The van der Waals surface area contributed by atoms with Gasteiger partial charge in [0.15, 0.2) is 0 Å². The molecular weight excluding hydrogens is 270 g/mol. The Morgan fingerprint density at radius 1 is 1.20 bits per heavy atom. The Labute approximate surface area is 121 Å². The van der Waals surface area contributed by atoms with E-state index >= 15 is 0 Å². The first kappa shape index (κ1) is 13.0. The Balaban J connectivity index is 2.05. The van der Waals surface area contributed by atoms with E-state index in [0.29, 0.717) is 12.4 Å². The minimum Gasteiger partial charge on any atom is -0.437 e. The number of hydrogen-bond acceptors (Lipinski definition) is 5. The summed E-state index contributed by atoms with van der Waals surface area (Å²) in [6.45, 7) is 4.54. The van der Waals surface area contributed by atoms with Gasteiger partial charge in [-0.1, -0.05) is 12.1 Å². The maximum absolute atomic E-state index is 5.98. The summed E-state index contributed by atoms with van der Waals surface area (Å²) in [4.78, 5) is 8.56. The predicted octanol–water partition coefficient (Wildman–Crippen LogP) is 3.56. The lowest BCUT2D eigenvalue weighted by Gasteiger charge is -2.09. The number of thiophene rings is 1. The summed E-state index contributed by atoms with van der Waals surface area (Å²) in [6, 6.07) is 5.98. The molecule has 0 spiro atoms. The van der Waals surface area contributed by atoms with Gasteiger partial charge in [-0.3, -0.25) is 0 Å². The molecule has 5 heteroatoms. The van der Waals surface area contributed by atoms with Gasteiger partial charge in [0.25, 0.3) is 0 Å². The fourth-order valence-corrected chi connectivity index (χ4v) is 2.93. The molecule has 0 aliphatic heterocycles. The van der Waals surface area contributed by atoms with Crippen molar-refractivity contribution in [2.75, 3.05) is 0 Å². The van der Waals surface area contributed by atoms with Crippen molar-refractivity contribution in [1.82, 2.24) is 9.97 Å². The first-order valence-corrected chi connectivity index (χ1v) is 7.23. The Morgan fingerprint density at radius 2 is 2.05 bits per heavy atom. The van der Waals surface area contributed by atoms with E-state index in [1.165, 1.54) is 0 Å². The van der Waals surface area contributed by atoms with E-state index in [4.69, 9.17) is 10.5 Å². The molecule has 0 saturated heterocycles. The summed E-state index contributed by atoms with van der Waals surface area (Å²) in [5.74, 6) is 1.39.